The van der Waals surface area contributed by atoms with E-state index >= 15 is 0 Å². The Labute approximate surface area is 123 Å². The molecule has 1 aliphatic heterocycles. The van der Waals surface area contributed by atoms with Crippen LogP contribution in [0, 0.1) is 0 Å². The second-order valence-electron chi connectivity index (χ2n) is 6.67. The lowest BCUT2D eigenvalue weighted by Gasteiger charge is -2.23. The first-order chi connectivity index (χ1) is 9.45. The predicted molar refractivity (Wildman–Crippen MR) is 83.6 cm³/mol. The Kier molecular flexibility index (Phi) is 4.74. The summed E-state index contributed by atoms with van der Waals surface area (Å²) in [5, 5.41) is 0. The van der Waals surface area contributed by atoms with Gasteiger partial charge in [0.2, 0.25) is 0 Å². The first-order valence-corrected chi connectivity index (χ1v) is 7.87. The molecule has 2 atom stereocenters. The molecule has 0 saturated carbocycles. The highest BCUT2D eigenvalue weighted by molar-refractivity contribution is 5.41. The smallest absolute Gasteiger partial charge is 0.123 e. The zero-order chi connectivity index (χ0) is 14.8. The van der Waals surface area contributed by atoms with Crippen molar-refractivity contribution in [3.63, 3.8) is 0 Å². The molecular weight excluding hydrogens is 248 g/mol. The lowest BCUT2D eigenvalue weighted by atomic mass is 9.85. The van der Waals surface area contributed by atoms with Gasteiger partial charge in [-0.05, 0) is 48.8 Å². The Bertz CT molecular complexity index is 445. The summed E-state index contributed by atoms with van der Waals surface area (Å²) in [6, 6.07) is 6.64. The van der Waals surface area contributed by atoms with Gasteiger partial charge in [0.1, 0.15) is 5.75 Å². The lowest BCUT2D eigenvalue weighted by molar-refractivity contribution is 0.329. The summed E-state index contributed by atoms with van der Waals surface area (Å²) in [5.41, 5.74) is 2.81. The Hall–Kier alpha value is -1.02. The molecule has 1 fully saturated rings. The molecule has 2 unspecified atom stereocenters. The van der Waals surface area contributed by atoms with Crippen molar-refractivity contribution in [1.29, 1.82) is 0 Å². The van der Waals surface area contributed by atoms with Gasteiger partial charge < -0.3 is 9.47 Å². The molecule has 0 amide bonds. The summed E-state index contributed by atoms with van der Waals surface area (Å²) >= 11 is 0. The highest BCUT2D eigenvalue weighted by atomic mass is 16.6. The van der Waals surface area contributed by atoms with E-state index in [1.807, 2.05) is 6.92 Å². The largest absolute Gasteiger partial charge is 0.494 e. The quantitative estimate of drug-likeness (QED) is 0.714. The fourth-order valence-electron chi connectivity index (χ4n) is 2.70. The molecule has 1 aliphatic rings. The van der Waals surface area contributed by atoms with Crippen molar-refractivity contribution in [1.82, 2.24) is 0 Å². The van der Waals surface area contributed by atoms with Gasteiger partial charge in [-0.2, -0.15) is 0 Å². The van der Waals surface area contributed by atoms with E-state index in [4.69, 9.17) is 9.47 Å². The number of benzene rings is 1. The van der Waals surface area contributed by atoms with Crippen LogP contribution < -0.4 is 4.74 Å². The van der Waals surface area contributed by atoms with Gasteiger partial charge in [-0.15, -0.1) is 0 Å². The fourth-order valence-corrected chi connectivity index (χ4v) is 2.70. The van der Waals surface area contributed by atoms with Crippen molar-refractivity contribution in [2.24, 2.45) is 0 Å². The summed E-state index contributed by atoms with van der Waals surface area (Å²) in [6.45, 7) is 11.7. The summed E-state index contributed by atoms with van der Waals surface area (Å²) in [4.78, 5) is 0. The van der Waals surface area contributed by atoms with Crippen molar-refractivity contribution in [2.75, 3.05) is 6.61 Å². The average molecular weight is 276 g/mol. The van der Waals surface area contributed by atoms with Crippen LogP contribution in [-0.2, 0) is 16.6 Å². The van der Waals surface area contributed by atoms with E-state index in [9.17, 15) is 0 Å². The Morgan fingerprint density at radius 1 is 1.15 bits per heavy atom. The fraction of sp³-hybridized carbons (Fsp3) is 0.667. The molecule has 1 saturated heterocycles. The van der Waals surface area contributed by atoms with E-state index < -0.39 is 0 Å². The maximum atomic E-state index is 5.77. The van der Waals surface area contributed by atoms with Crippen molar-refractivity contribution < 1.29 is 9.47 Å². The van der Waals surface area contributed by atoms with E-state index in [0.717, 1.165) is 31.6 Å². The molecular formula is C18H28O2. The van der Waals surface area contributed by atoms with Crippen LogP contribution in [0.1, 0.15) is 58.6 Å². The Balaban J connectivity index is 2.07. The number of ether oxygens (including phenoxy) is 2. The maximum absolute atomic E-state index is 5.77. The number of hydrogen-bond acceptors (Lipinski definition) is 2. The van der Waals surface area contributed by atoms with E-state index in [0.29, 0.717) is 12.2 Å². The first kappa shape index (κ1) is 15.4. The third kappa shape index (κ3) is 3.76. The van der Waals surface area contributed by atoms with E-state index in [2.05, 4.69) is 45.9 Å². The molecule has 0 aromatic heterocycles. The van der Waals surface area contributed by atoms with Crippen LogP contribution in [0.5, 0.6) is 5.75 Å². The normalized spacial score (nSPS) is 21.9. The average Bonchev–Trinajstić information content (AvgIpc) is 3.15. The maximum Gasteiger partial charge on any atom is 0.123 e. The van der Waals surface area contributed by atoms with Gasteiger partial charge in [0.25, 0.3) is 0 Å². The third-order valence-electron chi connectivity index (χ3n) is 3.96. The van der Waals surface area contributed by atoms with Crippen LogP contribution in [0.2, 0.25) is 0 Å². The second-order valence-corrected chi connectivity index (χ2v) is 6.67. The number of epoxide rings is 1. The Morgan fingerprint density at radius 3 is 2.45 bits per heavy atom. The van der Waals surface area contributed by atoms with Crippen LogP contribution in [0.3, 0.4) is 0 Å². The van der Waals surface area contributed by atoms with E-state index in [1.165, 1.54) is 11.1 Å². The van der Waals surface area contributed by atoms with Crippen LogP contribution in [0.4, 0.5) is 0 Å². The van der Waals surface area contributed by atoms with Crippen LogP contribution in [0.15, 0.2) is 18.2 Å². The summed E-state index contributed by atoms with van der Waals surface area (Å²) in [7, 11) is 0. The summed E-state index contributed by atoms with van der Waals surface area (Å²) < 4.78 is 11.4. The predicted octanol–water partition coefficient (Wildman–Crippen LogP) is 4.49. The van der Waals surface area contributed by atoms with Crippen LogP contribution >= 0.6 is 0 Å². The highest BCUT2D eigenvalue weighted by Gasteiger charge is 2.36. The van der Waals surface area contributed by atoms with Gasteiger partial charge in [0.15, 0.2) is 0 Å². The van der Waals surface area contributed by atoms with Gasteiger partial charge in [-0.1, -0.05) is 39.8 Å². The van der Waals surface area contributed by atoms with Crippen LogP contribution in [0.25, 0.3) is 0 Å². The zero-order valence-corrected chi connectivity index (χ0v) is 13.5. The van der Waals surface area contributed by atoms with Gasteiger partial charge in [0, 0.05) is 0 Å². The van der Waals surface area contributed by atoms with Crippen molar-refractivity contribution in [2.45, 2.75) is 71.5 Å². The Morgan fingerprint density at radius 2 is 1.90 bits per heavy atom. The molecule has 0 bridgehead atoms. The van der Waals surface area contributed by atoms with Crippen molar-refractivity contribution >= 4 is 0 Å². The van der Waals surface area contributed by atoms with Crippen molar-refractivity contribution in [3.05, 3.63) is 29.3 Å². The second kappa shape index (κ2) is 6.17. The van der Waals surface area contributed by atoms with Gasteiger partial charge in [-0.25, -0.2) is 0 Å². The topological polar surface area (TPSA) is 21.8 Å². The molecule has 1 heterocycles. The lowest BCUT2D eigenvalue weighted by Crippen LogP contribution is -2.14. The molecule has 0 spiro atoms. The molecule has 0 N–H and O–H groups in total. The molecule has 112 valence electrons. The third-order valence-corrected chi connectivity index (χ3v) is 3.96. The minimum absolute atomic E-state index is 0.114. The standard InChI is InChI=1S/C18H28O2/c1-6-15-17(20-15)11-9-13-8-10-16(19-7-2)14(12-13)18(3,4)5/h8,10,12,15,17H,6-7,9,11H2,1-5H3. The number of hydrogen-bond donors (Lipinski definition) is 0. The molecule has 2 rings (SSSR count). The molecule has 0 aliphatic carbocycles. The number of aryl methyl sites for hydroxylation is 1. The number of rotatable bonds is 6. The molecule has 20 heavy (non-hydrogen) atoms. The molecule has 1 aromatic carbocycles. The summed E-state index contributed by atoms with van der Waals surface area (Å²) in [5.74, 6) is 1.03. The van der Waals surface area contributed by atoms with Gasteiger partial charge in [0.05, 0.1) is 18.8 Å². The van der Waals surface area contributed by atoms with E-state index in [1.54, 1.807) is 0 Å². The van der Waals surface area contributed by atoms with Crippen molar-refractivity contribution in [3.8, 4) is 5.75 Å². The minimum atomic E-state index is 0.114. The van der Waals surface area contributed by atoms with Gasteiger partial charge in [-0.3, -0.25) is 0 Å². The first-order valence-electron chi connectivity index (χ1n) is 7.87. The van der Waals surface area contributed by atoms with E-state index in [-0.39, 0.29) is 5.41 Å². The monoisotopic (exact) mass is 276 g/mol. The zero-order valence-electron chi connectivity index (χ0n) is 13.5. The van der Waals surface area contributed by atoms with Gasteiger partial charge >= 0.3 is 0 Å². The molecule has 1 aromatic rings. The SMILES string of the molecule is CCOc1ccc(CCC2OC2CC)cc1C(C)(C)C. The molecule has 0 radical (unpaired) electrons. The highest BCUT2D eigenvalue weighted by Crippen LogP contribution is 2.34. The molecule has 2 nitrogen and oxygen atoms in total. The minimum Gasteiger partial charge on any atom is -0.494 e. The van der Waals surface area contributed by atoms with Crippen LogP contribution in [-0.4, -0.2) is 18.8 Å². The summed E-state index contributed by atoms with van der Waals surface area (Å²) in [6.07, 6.45) is 4.37. The molecule has 2 heteroatoms.